The molecule has 1 aromatic rings. The Morgan fingerprint density at radius 3 is 3.21 bits per heavy atom. The smallest absolute Gasteiger partial charge is 0.213 e. The van der Waals surface area contributed by atoms with E-state index in [2.05, 4.69) is 20.0 Å². The molecule has 0 amide bonds. The molecule has 0 fully saturated rings. The summed E-state index contributed by atoms with van der Waals surface area (Å²) in [6.45, 7) is 1.56. The number of methoxy groups -OCH3 is 1. The summed E-state index contributed by atoms with van der Waals surface area (Å²) in [5.74, 6) is 0.665. The predicted octanol–water partition coefficient (Wildman–Crippen LogP) is -0.791. The van der Waals surface area contributed by atoms with Crippen molar-refractivity contribution < 1.29 is 14.4 Å². The normalized spacial score (nSPS) is 13.0. The van der Waals surface area contributed by atoms with E-state index in [1.807, 2.05) is 0 Å². The highest BCUT2D eigenvalue weighted by molar-refractivity contribution is 4.78. The van der Waals surface area contributed by atoms with Gasteiger partial charge in [0.15, 0.2) is 5.82 Å². The number of aliphatic hydroxyl groups is 1. The summed E-state index contributed by atoms with van der Waals surface area (Å²) in [7, 11) is 1.56. The maximum Gasteiger partial charge on any atom is 0.213 e. The second-order valence-electron chi connectivity index (χ2n) is 2.91. The van der Waals surface area contributed by atoms with E-state index in [0.717, 1.165) is 0 Å². The molecule has 6 heteroatoms. The van der Waals surface area contributed by atoms with Crippen molar-refractivity contribution in [3.05, 3.63) is 12.2 Å². The molecule has 80 valence electrons. The Morgan fingerprint density at radius 2 is 2.57 bits per heavy atom. The molecule has 1 unspecified atom stereocenters. The third kappa shape index (κ3) is 4.31. The van der Waals surface area contributed by atoms with Gasteiger partial charge in [-0.2, -0.15) is 4.98 Å². The Kier molecular flexibility index (Phi) is 5.13. The number of aliphatic hydroxyl groups excluding tert-OH is 1. The van der Waals surface area contributed by atoms with E-state index in [9.17, 15) is 5.11 Å². The van der Waals surface area contributed by atoms with Crippen LogP contribution < -0.4 is 5.32 Å². The van der Waals surface area contributed by atoms with E-state index in [0.29, 0.717) is 31.9 Å². The third-order valence-corrected chi connectivity index (χ3v) is 1.67. The molecule has 0 aliphatic rings. The lowest BCUT2D eigenvalue weighted by Crippen LogP contribution is -2.31. The van der Waals surface area contributed by atoms with Crippen LogP contribution in [0.3, 0.4) is 0 Å². The molecule has 1 aromatic heterocycles. The van der Waals surface area contributed by atoms with Gasteiger partial charge >= 0.3 is 0 Å². The van der Waals surface area contributed by atoms with Crippen LogP contribution in [0.5, 0.6) is 0 Å². The standard InChI is InChI=1S/C8H15N3O3/c1-13-5-7(12)4-9-3-2-8-10-6-14-11-8/h6-7,9,12H,2-5H2,1H3. The minimum Gasteiger partial charge on any atom is -0.389 e. The highest BCUT2D eigenvalue weighted by Gasteiger charge is 2.02. The molecule has 0 aliphatic carbocycles. The first-order valence-corrected chi connectivity index (χ1v) is 4.46. The summed E-state index contributed by atoms with van der Waals surface area (Å²) < 4.78 is 9.35. The molecule has 0 radical (unpaired) electrons. The number of nitrogens with one attached hydrogen (secondary N) is 1. The van der Waals surface area contributed by atoms with Gasteiger partial charge in [0, 0.05) is 26.6 Å². The predicted molar refractivity (Wildman–Crippen MR) is 48.8 cm³/mol. The van der Waals surface area contributed by atoms with Crippen molar-refractivity contribution in [2.45, 2.75) is 12.5 Å². The van der Waals surface area contributed by atoms with Gasteiger partial charge in [-0.25, -0.2) is 0 Å². The molecule has 0 saturated carbocycles. The van der Waals surface area contributed by atoms with Crippen LogP contribution >= 0.6 is 0 Å². The van der Waals surface area contributed by atoms with E-state index < -0.39 is 6.10 Å². The van der Waals surface area contributed by atoms with Crippen LogP contribution in [0.25, 0.3) is 0 Å². The van der Waals surface area contributed by atoms with Crippen LogP contribution in [0.1, 0.15) is 5.82 Å². The van der Waals surface area contributed by atoms with Gasteiger partial charge in [0.05, 0.1) is 12.7 Å². The van der Waals surface area contributed by atoms with Crippen LogP contribution in [-0.4, -0.2) is 48.2 Å². The van der Waals surface area contributed by atoms with Gasteiger partial charge in [-0.1, -0.05) is 5.16 Å². The Labute approximate surface area is 82.3 Å². The molecule has 0 spiro atoms. The van der Waals surface area contributed by atoms with Crippen LogP contribution in [0.4, 0.5) is 0 Å². The van der Waals surface area contributed by atoms with Gasteiger partial charge in [-0.05, 0) is 0 Å². The third-order valence-electron chi connectivity index (χ3n) is 1.67. The van der Waals surface area contributed by atoms with Crippen molar-refractivity contribution in [1.29, 1.82) is 0 Å². The number of rotatable bonds is 7. The van der Waals surface area contributed by atoms with Crippen LogP contribution in [0.2, 0.25) is 0 Å². The second-order valence-corrected chi connectivity index (χ2v) is 2.91. The SMILES string of the molecule is COCC(O)CNCCc1ncon1. The molecule has 1 atom stereocenters. The van der Waals surface area contributed by atoms with E-state index in [1.54, 1.807) is 7.11 Å². The molecular weight excluding hydrogens is 186 g/mol. The fraction of sp³-hybridized carbons (Fsp3) is 0.750. The van der Waals surface area contributed by atoms with Gasteiger partial charge in [0.25, 0.3) is 0 Å². The number of hydrogen-bond donors (Lipinski definition) is 2. The van der Waals surface area contributed by atoms with Gasteiger partial charge in [0.1, 0.15) is 0 Å². The fourth-order valence-electron chi connectivity index (χ4n) is 1.02. The summed E-state index contributed by atoms with van der Waals surface area (Å²) in [4.78, 5) is 3.86. The Hall–Kier alpha value is -0.980. The highest BCUT2D eigenvalue weighted by atomic mass is 16.5. The van der Waals surface area contributed by atoms with Gasteiger partial charge in [-0.15, -0.1) is 0 Å². The van der Waals surface area contributed by atoms with Crippen LogP contribution in [-0.2, 0) is 11.2 Å². The first-order valence-electron chi connectivity index (χ1n) is 4.46. The number of nitrogens with zero attached hydrogens (tertiary/aromatic N) is 2. The molecule has 6 nitrogen and oxygen atoms in total. The average Bonchev–Trinajstić information content (AvgIpc) is 2.65. The summed E-state index contributed by atoms with van der Waals surface area (Å²) in [6.07, 6.45) is 1.52. The minimum atomic E-state index is -0.467. The lowest BCUT2D eigenvalue weighted by atomic mass is 10.3. The summed E-state index contributed by atoms with van der Waals surface area (Å²) in [5.41, 5.74) is 0. The molecule has 0 aliphatic heterocycles. The molecule has 0 saturated heterocycles. The lowest BCUT2D eigenvalue weighted by Gasteiger charge is -2.09. The van der Waals surface area contributed by atoms with E-state index in [1.165, 1.54) is 6.39 Å². The van der Waals surface area contributed by atoms with Crippen molar-refractivity contribution in [3.63, 3.8) is 0 Å². The number of ether oxygens (including phenoxy) is 1. The van der Waals surface area contributed by atoms with E-state index in [4.69, 9.17) is 4.74 Å². The zero-order valence-electron chi connectivity index (χ0n) is 8.14. The molecular formula is C8H15N3O3. The molecule has 0 aromatic carbocycles. The monoisotopic (exact) mass is 201 g/mol. The topological polar surface area (TPSA) is 80.4 Å². The van der Waals surface area contributed by atoms with E-state index >= 15 is 0 Å². The molecule has 14 heavy (non-hydrogen) atoms. The van der Waals surface area contributed by atoms with Crippen molar-refractivity contribution in [3.8, 4) is 0 Å². The van der Waals surface area contributed by atoms with E-state index in [-0.39, 0.29) is 0 Å². The molecule has 2 N–H and O–H groups in total. The largest absolute Gasteiger partial charge is 0.389 e. The van der Waals surface area contributed by atoms with Crippen molar-refractivity contribution in [2.24, 2.45) is 0 Å². The van der Waals surface area contributed by atoms with Gasteiger partial charge in [-0.3, -0.25) is 0 Å². The maximum atomic E-state index is 9.27. The Morgan fingerprint density at radius 1 is 1.71 bits per heavy atom. The first kappa shape index (κ1) is 11.1. The number of hydrogen-bond acceptors (Lipinski definition) is 6. The van der Waals surface area contributed by atoms with Crippen molar-refractivity contribution in [2.75, 3.05) is 26.8 Å². The summed E-state index contributed by atoms with van der Waals surface area (Å²) in [6, 6.07) is 0. The van der Waals surface area contributed by atoms with Crippen LogP contribution in [0, 0.1) is 0 Å². The Balaban J connectivity index is 1.99. The molecule has 1 heterocycles. The second kappa shape index (κ2) is 6.47. The van der Waals surface area contributed by atoms with Crippen molar-refractivity contribution >= 4 is 0 Å². The molecule has 0 bridgehead atoms. The zero-order valence-corrected chi connectivity index (χ0v) is 8.14. The highest BCUT2D eigenvalue weighted by Crippen LogP contribution is 1.88. The molecule has 1 rings (SSSR count). The summed E-state index contributed by atoms with van der Waals surface area (Å²) in [5, 5.41) is 16.0. The van der Waals surface area contributed by atoms with Gasteiger partial charge < -0.3 is 19.7 Å². The fourth-order valence-corrected chi connectivity index (χ4v) is 1.02. The zero-order chi connectivity index (χ0) is 10.2. The summed E-state index contributed by atoms with van der Waals surface area (Å²) >= 11 is 0. The number of aromatic nitrogens is 2. The Bertz CT molecular complexity index is 228. The lowest BCUT2D eigenvalue weighted by molar-refractivity contribution is 0.0647. The first-order chi connectivity index (χ1) is 6.83. The van der Waals surface area contributed by atoms with Crippen molar-refractivity contribution in [1.82, 2.24) is 15.5 Å². The maximum absolute atomic E-state index is 9.27. The van der Waals surface area contributed by atoms with Gasteiger partial charge in [0.2, 0.25) is 6.39 Å². The minimum absolute atomic E-state index is 0.342. The average molecular weight is 201 g/mol. The quantitative estimate of drug-likeness (QED) is 0.563. The van der Waals surface area contributed by atoms with Crippen LogP contribution in [0.15, 0.2) is 10.9 Å².